The van der Waals surface area contributed by atoms with Crippen molar-refractivity contribution in [3.05, 3.63) is 23.8 Å². The van der Waals surface area contributed by atoms with E-state index in [1.54, 1.807) is 6.07 Å². The Bertz CT molecular complexity index is 388. The van der Waals surface area contributed by atoms with Crippen molar-refractivity contribution in [2.75, 3.05) is 19.8 Å². The Morgan fingerprint density at radius 3 is 3.00 bits per heavy atom. The lowest BCUT2D eigenvalue weighted by atomic mass is 9.79. The van der Waals surface area contributed by atoms with Crippen molar-refractivity contribution in [3.63, 3.8) is 0 Å². The second-order valence-corrected chi connectivity index (χ2v) is 3.93. The monoisotopic (exact) mass is 237 g/mol. The van der Waals surface area contributed by atoms with Crippen LogP contribution in [-0.2, 0) is 4.65 Å². The van der Waals surface area contributed by atoms with E-state index in [0.29, 0.717) is 30.8 Å². The van der Waals surface area contributed by atoms with E-state index in [-0.39, 0.29) is 12.7 Å². The third kappa shape index (κ3) is 2.61. The smallest absolute Gasteiger partial charge is 0.492 e. The van der Waals surface area contributed by atoms with E-state index in [4.69, 9.17) is 20.2 Å². The summed E-state index contributed by atoms with van der Waals surface area (Å²) < 4.78 is 10.7. The number of aliphatic hydroxyl groups excluding tert-OH is 1. The van der Waals surface area contributed by atoms with Crippen molar-refractivity contribution in [3.8, 4) is 5.75 Å². The van der Waals surface area contributed by atoms with Gasteiger partial charge in [-0.05, 0) is 23.2 Å². The molecule has 1 heterocycles. The third-order valence-corrected chi connectivity index (χ3v) is 2.75. The van der Waals surface area contributed by atoms with Gasteiger partial charge in [-0.15, -0.1) is 0 Å². The highest BCUT2D eigenvalue weighted by molar-refractivity contribution is 6.61. The second-order valence-electron chi connectivity index (χ2n) is 3.93. The molecule has 17 heavy (non-hydrogen) atoms. The highest BCUT2D eigenvalue weighted by Gasteiger charge is 2.34. The number of rotatable bonds is 5. The molecule has 1 atom stereocenters. The molecule has 0 saturated heterocycles. The zero-order chi connectivity index (χ0) is 12.3. The number of fused-ring (bicyclic) bond motifs is 1. The van der Waals surface area contributed by atoms with Gasteiger partial charge in [0.2, 0.25) is 0 Å². The lowest BCUT2D eigenvalue weighted by Crippen LogP contribution is -2.28. The van der Waals surface area contributed by atoms with Crippen LogP contribution in [0.3, 0.4) is 0 Å². The van der Waals surface area contributed by atoms with Crippen LogP contribution < -0.4 is 15.9 Å². The summed E-state index contributed by atoms with van der Waals surface area (Å²) in [4.78, 5) is 0. The van der Waals surface area contributed by atoms with Crippen LogP contribution in [0, 0.1) is 0 Å². The molecule has 0 spiro atoms. The Kier molecular flexibility index (Phi) is 4.01. The van der Waals surface area contributed by atoms with Gasteiger partial charge in [0.1, 0.15) is 5.75 Å². The quantitative estimate of drug-likeness (QED) is 0.459. The SMILES string of the molecule is NCC1OB(O)c2cc(OCCCO)ccc21. The summed E-state index contributed by atoms with van der Waals surface area (Å²) in [5.74, 6) is 0.664. The van der Waals surface area contributed by atoms with Gasteiger partial charge in [0, 0.05) is 19.6 Å². The molecular weight excluding hydrogens is 221 g/mol. The van der Waals surface area contributed by atoms with Gasteiger partial charge >= 0.3 is 7.12 Å². The molecule has 0 aliphatic carbocycles. The molecule has 4 N–H and O–H groups in total. The fourth-order valence-corrected chi connectivity index (χ4v) is 1.89. The largest absolute Gasteiger partial charge is 0.494 e. The van der Waals surface area contributed by atoms with E-state index in [1.165, 1.54) is 0 Å². The van der Waals surface area contributed by atoms with E-state index >= 15 is 0 Å². The zero-order valence-corrected chi connectivity index (χ0v) is 9.50. The molecule has 2 rings (SSSR count). The molecule has 1 aliphatic rings. The maximum Gasteiger partial charge on any atom is 0.492 e. The van der Waals surface area contributed by atoms with Crippen molar-refractivity contribution < 1.29 is 19.5 Å². The van der Waals surface area contributed by atoms with Crippen molar-refractivity contribution in [1.29, 1.82) is 0 Å². The molecule has 1 aliphatic heterocycles. The summed E-state index contributed by atoms with van der Waals surface area (Å²) in [6, 6.07) is 5.44. The van der Waals surface area contributed by atoms with Crippen LogP contribution >= 0.6 is 0 Å². The van der Waals surface area contributed by atoms with Crippen LogP contribution in [-0.4, -0.2) is 37.0 Å². The highest BCUT2D eigenvalue weighted by atomic mass is 16.5. The van der Waals surface area contributed by atoms with Gasteiger partial charge in [-0.3, -0.25) is 0 Å². The summed E-state index contributed by atoms with van der Waals surface area (Å²) in [6.45, 7) is 0.896. The minimum absolute atomic E-state index is 0.103. The molecule has 6 heteroatoms. The fraction of sp³-hybridized carbons (Fsp3) is 0.455. The van der Waals surface area contributed by atoms with E-state index < -0.39 is 7.12 Å². The summed E-state index contributed by atoms with van der Waals surface area (Å²) in [7, 11) is -0.931. The Balaban J connectivity index is 2.11. The molecule has 0 bridgehead atoms. The van der Waals surface area contributed by atoms with E-state index in [1.807, 2.05) is 12.1 Å². The second kappa shape index (κ2) is 5.51. The predicted octanol–water partition coefficient (Wildman–Crippen LogP) is -0.835. The molecule has 0 aromatic heterocycles. The van der Waals surface area contributed by atoms with Gasteiger partial charge < -0.3 is 25.3 Å². The molecule has 0 saturated carbocycles. The van der Waals surface area contributed by atoms with Crippen molar-refractivity contribution in [1.82, 2.24) is 0 Å². The maximum atomic E-state index is 9.71. The lowest BCUT2D eigenvalue weighted by molar-refractivity contribution is 0.198. The summed E-state index contributed by atoms with van der Waals surface area (Å²) in [6.07, 6.45) is 0.341. The average Bonchev–Trinajstić information content (AvgIpc) is 2.66. The van der Waals surface area contributed by atoms with Crippen molar-refractivity contribution in [2.45, 2.75) is 12.5 Å². The van der Waals surface area contributed by atoms with Crippen LogP contribution in [0.1, 0.15) is 18.1 Å². The van der Waals surface area contributed by atoms with Crippen LogP contribution in [0.15, 0.2) is 18.2 Å². The molecular formula is C11H16BNO4. The maximum absolute atomic E-state index is 9.71. The molecule has 0 amide bonds. The Labute approximate surface area is 100 Å². The number of ether oxygens (including phenoxy) is 1. The topological polar surface area (TPSA) is 84.9 Å². The molecule has 0 fully saturated rings. The van der Waals surface area contributed by atoms with E-state index in [2.05, 4.69) is 0 Å². The van der Waals surface area contributed by atoms with Gasteiger partial charge in [0.25, 0.3) is 0 Å². The standard InChI is InChI=1S/C11H16BNO4/c13-7-11-9-3-2-8(16-5-1-4-14)6-10(9)12(15)17-11/h2-3,6,11,14-15H,1,4-5,7,13H2. The number of hydrogen-bond acceptors (Lipinski definition) is 5. The number of benzene rings is 1. The van der Waals surface area contributed by atoms with Crippen molar-refractivity contribution >= 4 is 12.6 Å². The minimum atomic E-state index is -0.931. The van der Waals surface area contributed by atoms with Crippen LogP contribution in [0.5, 0.6) is 5.75 Å². The number of nitrogens with two attached hydrogens (primary N) is 1. The molecule has 1 aromatic carbocycles. The highest BCUT2D eigenvalue weighted by Crippen LogP contribution is 2.24. The summed E-state index contributed by atoms with van der Waals surface area (Å²) in [5, 5.41) is 18.4. The molecule has 92 valence electrons. The van der Waals surface area contributed by atoms with Crippen LogP contribution in [0.2, 0.25) is 0 Å². The van der Waals surface area contributed by atoms with Gasteiger partial charge in [-0.1, -0.05) is 6.07 Å². The van der Waals surface area contributed by atoms with E-state index in [9.17, 15) is 5.02 Å². The van der Waals surface area contributed by atoms with Crippen LogP contribution in [0.25, 0.3) is 0 Å². The molecule has 0 radical (unpaired) electrons. The van der Waals surface area contributed by atoms with Gasteiger partial charge in [0.05, 0.1) is 12.7 Å². The lowest BCUT2D eigenvalue weighted by Gasteiger charge is -2.09. The zero-order valence-electron chi connectivity index (χ0n) is 9.50. The first-order chi connectivity index (χ1) is 8.26. The third-order valence-electron chi connectivity index (χ3n) is 2.75. The number of aliphatic hydroxyl groups is 1. The van der Waals surface area contributed by atoms with Gasteiger partial charge in [0.15, 0.2) is 0 Å². The molecule has 1 aromatic rings. The Hall–Kier alpha value is -1.08. The first-order valence-electron chi connectivity index (χ1n) is 5.67. The molecule has 1 unspecified atom stereocenters. The average molecular weight is 237 g/mol. The van der Waals surface area contributed by atoms with Crippen LogP contribution in [0.4, 0.5) is 0 Å². The number of hydrogen-bond donors (Lipinski definition) is 3. The first kappa shape index (κ1) is 12.4. The van der Waals surface area contributed by atoms with Crippen molar-refractivity contribution in [2.24, 2.45) is 5.73 Å². The predicted molar refractivity (Wildman–Crippen MR) is 64.1 cm³/mol. The normalized spacial score (nSPS) is 18.3. The first-order valence-corrected chi connectivity index (χ1v) is 5.67. The Morgan fingerprint density at radius 1 is 1.47 bits per heavy atom. The van der Waals surface area contributed by atoms with Gasteiger partial charge in [-0.25, -0.2) is 0 Å². The Morgan fingerprint density at radius 2 is 2.29 bits per heavy atom. The molecule has 5 nitrogen and oxygen atoms in total. The summed E-state index contributed by atoms with van der Waals surface area (Å²) >= 11 is 0. The summed E-state index contributed by atoms with van der Waals surface area (Å²) in [5.41, 5.74) is 7.17. The minimum Gasteiger partial charge on any atom is -0.494 e. The fourth-order valence-electron chi connectivity index (χ4n) is 1.89. The van der Waals surface area contributed by atoms with E-state index in [0.717, 1.165) is 5.56 Å². The van der Waals surface area contributed by atoms with Gasteiger partial charge in [-0.2, -0.15) is 0 Å².